The maximum Gasteiger partial charge on any atom is 0.430 e. The summed E-state index contributed by atoms with van der Waals surface area (Å²) in [5, 5.41) is 0. The summed E-state index contributed by atoms with van der Waals surface area (Å²) in [6, 6.07) is 11.1. The maximum absolute atomic E-state index is 14.5. The lowest BCUT2D eigenvalue weighted by atomic mass is 9.88. The van der Waals surface area contributed by atoms with E-state index >= 15 is 0 Å². The molecule has 0 saturated carbocycles. The molecule has 16 heteroatoms. The molecule has 1 aliphatic rings. The van der Waals surface area contributed by atoms with Crippen molar-refractivity contribution >= 4 is 15.7 Å². The Hall–Kier alpha value is -4.44. The number of likely N-dealkylation sites (tertiary alicyclic amines) is 1. The molecule has 3 aromatic carbocycles. The van der Waals surface area contributed by atoms with Crippen LogP contribution in [0.1, 0.15) is 28.7 Å². The number of ether oxygens (including phenoxy) is 1. The molecule has 1 aliphatic heterocycles. The predicted molar refractivity (Wildman–Crippen MR) is 156 cm³/mol. The minimum atomic E-state index is -6.23. The standard InChI is InChI=1S/C33H25F9N2O4S/c34-24-8-10-25(11-9-24)49(46,47)30(14-17-44(20-30)29(45)18-21-12-15-43-16-13-21)22-4-6-23(7-5-22)31(32(37,38)39,33(40,41)42)48-19-26-27(35)2-1-3-28(26)36/h1-13,15-16H,14,17-20H2. The van der Waals surface area contributed by atoms with Gasteiger partial charge < -0.3 is 9.64 Å². The third-order valence-corrected chi connectivity index (χ3v) is 10.9. The van der Waals surface area contributed by atoms with Gasteiger partial charge in [-0.1, -0.05) is 30.3 Å². The maximum atomic E-state index is 14.5. The van der Waals surface area contributed by atoms with Crippen molar-refractivity contribution in [1.29, 1.82) is 0 Å². The van der Waals surface area contributed by atoms with Crippen LogP contribution in [-0.2, 0) is 42.7 Å². The van der Waals surface area contributed by atoms with Crippen LogP contribution in [-0.4, -0.2) is 49.7 Å². The zero-order chi connectivity index (χ0) is 35.8. The number of hydrogen-bond acceptors (Lipinski definition) is 5. The van der Waals surface area contributed by atoms with Crippen molar-refractivity contribution in [2.75, 3.05) is 13.1 Å². The third-order valence-electron chi connectivity index (χ3n) is 8.44. The van der Waals surface area contributed by atoms with Gasteiger partial charge in [0.05, 0.1) is 17.9 Å². The van der Waals surface area contributed by atoms with Crippen LogP contribution in [0.4, 0.5) is 39.5 Å². The SMILES string of the molecule is O=C(Cc1ccncc1)N1CCC(c2ccc(C(OCc3c(F)cccc3F)(C(F)(F)F)C(F)(F)F)cc2)(S(=O)(=O)c2ccc(F)cc2)C1. The van der Waals surface area contributed by atoms with E-state index in [1.54, 1.807) is 12.1 Å². The number of carbonyl (C=O) groups is 1. The van der Waals surface area contributed by atoms with Crippen LogP contribution in [0.15, 0.2) is 96.2 Å². The fourth-order valence-electron chi connectivity index (χ4n) is 5.83. The number of halogens is 9. The first-order valence-corrected chi connectivity index (χ1v) is 15.9. The number of sulfone groups is 1. The number of hydrogen-bond donors (Lipinski definition) is 0. The number of alkyl halides is 6. The molecule has 0 N–H and O–H groups in total. The minimum absolute atomic E-state index is 0.154. The summed E-state index contributed by atoms with van der Waals surface area (Å²) in [7, 11) is -4.60. The molecule has 0 spiro atoms. The number of carbonyl (C=O) groups excluding carboxylic acids is 1. The van der Waals surface area contributed by atoms with E-state index in [0.29, 0.717) is 29.8 Å². The van der Waals surface area contributed by atoms with Gasteiger partial charge in [-0.25, -0.2) is 21.6 Å². The molecular weight excluding hydrogens is 691 g/mol. The van der Waals surface area contributed by atoms with E-state index in [1.807, 2.05) is 0 Å². The topological polar surface area (TPSA) is 76.6 Å². The van der Waals surface area contributed by atoms with Crippen molar-refractivity contribution in [3.8, 4) is 0 Å². The molecule has 6 nitrogen and oxygen atoms in total. The quantitative estimate of drug-likeness (QED) is 0.136. The number of amides is 1. The Labute approximate surface area is 274 Å². The van der Waals surface area contributed by atoms with Gasteiger partial charge in [0.2, 0.25) is 5.91 Å². The van der Waals surface area contributed by atoms with Crippen LogP contribution < -0.4 is 0 Å². The lowest BCUT2D eigenvalue weighted by Crippen LogP contribution is -2.56. The summed E-state index contributed by atoms with van der Waals surface area (Å²) in [5.41, 5.74) is -7.54. The number of pyridine rings is 1. The summed E-state index contributed by atoms with van der Waals surface area (Å²) in [6.45, 7) is -2.46. The Balaban J connectivity index is 1.59. The fraction of sp³-hybridized carbons (Fsp3) is 0.273. The van der Waals surface area contributed by atoms with E-state index < -0.39 is 85.1 Å². The van der Waals surface area contributed by atoms with Crippen LogP contribution in [0.5, 0.6) is 0 Å². The Morgan fingerprint density at radius 3 is 1.94 bits per heavy atom. The van der Waals surface area contributed by atoms with Crippen molar-refractivity contribution in [3.63, 3.8) is 0 Å². The molecule has 2 heterocycles. The van der Waals surface area contributed by atoms with E-state index in [-0.39, 0.29) is 24.9 Å². The number of nitrogens with zero attached hydrogens (tertiary/aromatic N) is 2. The second kappa shape index (κ2) is 13.1. The van der Waals surface area contributed by atoms with Gasteiger partial charge in [0.25, 0.3) is 5.60 Å². The van der Waals surface area contributed by atoms with E-state index in [0.717, 1.165) is 42.5 Å². The minimum Gasteiger partial charge on any atom is -0.349 e. The predicted octanol–water partition coefficient (Wildman–Crippen LogP) is 7.18. The van der Waals surface area contributed by atoms with Crippen molar-refractivity contribution < 1.29 is 57.5 Å². The molecule has 49 heavy (non-hydrogen) atoms. The molecule has 4 aromatic rings. The van der Waals surface area contributed by atoms with Crippen molar-refractivity contribution in [2.45, 2.75) is 47.0 Å². The number of benzene rings is 3. The van der Waals surface area contributed by atoms with Crippen LogP contribution in [0, 0.1) is 17.5 Å². The van der Waals surface area contributed by atoms with Crippen LogP contribution in [0.2, 0.25) is 0 Å². The Morgan fingerprint density at radius 1 is 0.816 bits per heavy atom. The van der Waals surface area contributed by atoms with Crippen LogP contribution in [0.25, 0.3) is 0 Å². The lowest BCUT2D eigenvalue weighted by Gasteiger charge is -2.38. The fourth-order valence-corrected chi connectivity index (χ4v) is 7.90. The zero-order valence-electron chi connectivity index (χ0n) is 25.0. The Morgan fingerprint density at radius 2 is 1.39 bits per heavy atom. The molecule has 5 rings (SSSR count). The van der Waals surface area contributed by atoms with Crippen molar-refractivity contribution in [2.24, 2.45) is 0 Å². The average Bonchev–Trinajstić information content (AvgIpc) is 3.50. The molecule has 1 fully saturated rings. The molecule has 1 aromatic heterocycles. The number of rotatable bonds is 9. The van der Waals surface area contributed by atoms with Gasteiger partial charge in [-0.2, -0.15) is 26.3 Å². The molecule has 1 atom stereocenters. The van der Waals surface area contributed by atoms with Gasteiger partial charge >= 0.3 is 12.4 Å². The Kier molecular flexibility index (Phi) is 9.60. The molecular formula is C33H25F9N2O4S. The second-order valence-corrected chi connectivity index (χ2v) is 13.6. The van der Waals surface area contributed by atoms with Gasteiger partial charge in [0.1, 0.15) is 22.2 Å². The average molecular weight is 717 g/mol. The summed E-state index contributed by atoms with van der Waals surface area (Å²) in [4.78, 5) is 17.9. The highest BCUT2D eigenvalue weighted by Crippen LogP contribution is 2.54. The normalized spacial score (nSPS) is 17.4. The molecule has 1 unspecified atom stereocenters. The van der Waals surface area contributed by atoms with Crippen molar-refractivity contribution in [3.05, 3.63) is 131 Å². The smallest absolute Gasteiger partial charge is 0.349 e. The highest BCUT2D eigenvalue weighted by molar-refractivity contribution is 7.92. The van der Waals surface area contributed by atoms with Crippen LogP contribution >= 0.6 is 0 Å². The molecule has 0 radical (unpaired) electrons. The van der Waals surface area contributed by atoms with E-state index in [2.05, 4.69) is 9.72 Å². The van der Waals surface area contributed by atoms with Gasteiger partial charge in [-0.3, -0.25) is 9.78 Å². The summed E-state index contributed by atoms with van der Waals surface area (Å²) >= 11 is 0. The third kappa shape index (κ3) is 6.50. The molecule has 1 saturated heterocycles. The first-order chi connectivity index (χ1) is 22.9. The Bertz CT molecular complexity index is 1880. The van der Waals surface area contributed by atoms with E-state index in [9.17, 15) is 52.7 Å². The first-order valence-electron chi connectivity index (χ1n) is 14.4. The molecule has 0 bridgehead atoms. The number of aromatic nitrogens is 1. The monoisotopic (exact) mass is 716 g/mol. The highest BCUT2D eigenvalue weighted by atomic mass is 32.2. The molecule has 0 aliphatic carbocycles. The van der Waals surface area contributed by atoms with Gasteiger partial charge in [0.15, 0.2) is 9.84 Å². The van der Waals surface area contributed by atoms with Crippen molar-refractivity contribution in [1.82, 2.24) is 9.88 Å². The van der Waals surface area contributed by atoms with Crippen LogP contribution in [0.3, 0.4) is 0 Å². The van der Waals surface area contributed by atoms with E-state index in [1.165, 1.54) is 17.3 Å². The van der Waals surface area contributed by atoms with Gasteiger partial charge in [-0.15, -0.1) is 0 Å². The first kappa shape index (κ1) is 35.9. The molecule has 260 valence electrons. The molecule has 1 amide bonds. The van der Waals surface area contributed by atoms with Gasteiger partial charge in [0, 0.05) is 36.6 Å². The largest absolute Gasteiger partial charge is 0.430 e. The summed E-state index contributed by atoms with van der Waals surface area (Å²) in [6.07, 6.45) is -10.0. The van der Waals surface area contributed by atoms with E-state index in [4.69, 9.17) is 0 Å². The van der Waals surface area contributed by atoms with Gasteiger partial charge in [-0.05, 0) is 66.1 Å². The summed E-state index contributed by atoms with van der Waals surface area (Å²) < 4.78 is 160. The highest BCUT2D eigenvalue weighted by Gasteiger charge is 2.73. The lowest BCUT2D eigenvalue weighted by molar-refractivity contribution is -0.392. The zero-order valence-corrected chi connectivity index (χ0v) is 25.8. The summed E-state index contributed by atoms with van der Waals surface area (Å²) in [5.74, 6) is -4.17. The second-order valence-electron chi connectivity index (χ2n) is 11.3.